The van der Waals surface area contributed by atoms with E-state index < -0.39 is 0 Å². The van der Waals surface area contributed by atoms with E-state index in [1.807, 2.05) is 18.2 Å². The van der Waals surface area contributed by atoms with Crippen molar-refractivity contribution in [3.05, 3.63) is 36.7 Å². The molecule has 0 unspecified atom stereocenters. The number of nitrogen functional groups attached to an aromatic ring is 2. The average molecular weight is 225 g/mol. The Morgan fingerprint density at radius 3 is 2.47 bits per heavy atom. The zero-order chi connectivity index (χ0) is 11.8. The molecule has 5 N–H and O–H groups in total. The summed E-state index contributed by atoms with van der Waals surface area (Å²) in [5, 5.41) is 8.19. The van der Waals surface area contributed by atoms with Gasteiger partial charge in [-0.05, 0) is 24.3 Å². The molecular weight excluding hydrogens is 214 g/mol. The topological polar surface area (TPSA) is 93.6 Å². The molecule has 2 aromatic heterocycles. The van der Waals surface area contributed by atoms with Crippen molar-refractivity contribution in [3.8, 4) is 11.3 Å². The summed E-state index contributed by atoms with van der Waals surface area (Å²) >= 11 is 0. The van der Waals surface area contributed by atoms with Gasteiger partial charge in [0.25, 0.3) is 0 Å². The number of hydrogen-bond donors (Lipinski definition) is 3. The molecule has 0 amide bonds. The van der Waals surface area contributed by atoms with E-state index in [9.17, 15) is 0 Å². The van der Waals surface area contributed by atoms with Crippen LogP contribution in [0.4, 0.5) is 11.4 Å². The number of anilines is 2. The Kier molecular flexibility index (Phi) is 1.98. The lowest BCUT2D eigenvalue weighted by Gasteiger charge is -2.01. The van der Waals surface area contributed by atoms with Gasteiger partial charge in [-0.1, -0.05) is 0 Å². The third-order valence-corrected chi connectivity index (χ3v) is 2.72. The monoisotopic (exact) mass is 225 g/mol. The second-order valence-corrected chi connectivity index (χ2v) is 3.83. The summed E-state index contributed by atoms with van der Waals surface area (Å²) in [6.07, 6.45) is 3.47. The van der Waals surface area contributed by atoms with Crippen molar-refractivity contribution in [1.82, 2.24) is 15.2 Å². The largest absolute Gasteiger partial charge is 0.397 e. The lowest BCUT2D eigenvalue weighted by atomic mass is 10.1. The van der Waals surface area contributed by atoms with E-state index in [2.05, 4.69) is 15.2 Å². The average Bonchev–Trinajstić information content (AvgIpc) is 2.74. The number of H-pyrrole nitrogens is 1. The van der Waals surface area contributed by atoms with Crippen LogP contribution in [0.2, 0.25) is 0 Å². The van der Waals surface area contributed by atoms with Gasteiger partial charge in [0.2, 0.25) is 0 Å². The highest BCUT2D eigenvalue weighted by molar-refractivity contribution is 5.97. The molecule has 17 heavy (non-hydrogen) atoms. The van der Waals surface area contributed by atoms with Gasteiger partial charge in [0.05, 0.1) is 16.9 Å². The highest BCUT2D eigenvalue weighted by Crippen LogP contribution is 2.30. The Morgan fingerprint density at radius 2 is 1.71 bits per heavy atom. The molecule has 0 radical (unpaired) electrons. The van der Waals surface area contributed by atoms with Crippen LogP contribution >= 0.6 is 0 Å². The summed E-state index contributed by atoms with van der Waals surface area (Å²) in [6.45, 7) is 0. The number of rotatable bonds is 1. The number of aromatic amines is 1. The fourth-order valence-corrected chi connectivity index (χ4v) is 1.83. The predicted octanol–water partition coefficient (Wildman–Crippen LogP) is 1.79. The predicted molar refractivity (Wildman–Crippen MR) is 68.1 cm³/mol. The van der Waals surface area contributed by atoms with E-state index in [4.69, 9.17) is 11.5 Å². The smallest absolute Gasteiger partial charge is 0.100 e. The standard InChI is InChI=1S/C12H11N5/c13-9-5-8-11(6-10(9)14)16-17-12(8)7-1-3-15-4-2-7/h1-6H,13-14H2,(H,16,17). The van der Waals surface area contributed by atoms with Crippen molar-refractivity contribution in [2.24, 2.45) is 0 Å². The minimum absolute atomic E-state index is 0.558. The third-order valence-electron chi connectivity index (χ3n) is 2.72. The summed E-state index contributed by atoms with van der Waals surface area (Å²) in [5.41, 5.74) is 15.4. The molecule has 5 heteroatoms. The molecule has 1 aromatic carbocycles. The molecule has 3 rings (SSSR count). The molecule has 0 bridgehead atoms. The summed E-state index contributed by atoms with van der Waals surface area (Å²) in [5.74, 6) is 0. The highest BCUT2D eigenvalue weighted by Gasteiger charge is 2.09. The molecule has 0 saturated carbocycles. The Balaban J connectivity index is 2.29. The number of pyridine rings is 1. The van der Waals surface area contributed by atoms with Crippen molar-refractivity contribution in [2.45, 2.75) is 0 Å². The zero-order valence-corrected chi connectivity index (χ0v) is 9.01. The molecule has 0 aliphatic heterocycles. The van der Waals surface area contributed by atoms with E-state index in [-0.39, 0.29) is 0 Å². The van der Waals surface area contributed by atoms with Gasteiger partial charge >= 0.3 is 0 Å². The molecule has 0 saturated heterocycles. The quantitative estimate of drug-likeness (QED) is 0.550. The van der Waals surface area contributed by atoms with Crippen LogP contribution in [0.25, 0.3) is 22.2 Å². The molecule has 0 atom stereocenters. The van der Waals surface area contributed by atoms with Crippen LogP contribution in [0, 0.1) is 0 Å². The normalized spacial score (nSPS) is 10.8. The molecular formula is C12H11N5. The summed E-state index contributed by atoms with van der Waals surface area (Å²) in [7, 11) is 0. The van der Waals surface area contributed by atoms with E-state index >= 15 is 0 Å². The maximum atomic E-state index is 5.81. The molecule has 3 aromatic rings. The van der Waals surface area contributed by atoms with Crippen LogP contribution in [0.3, 0.4) is 0 Å². The number of benzene rings is 1. The van der Waals surface area contributed by atoms with E-state index in [1.54, 1.807) is 18.5 Å². The van der Waals surface area contributed by atoms with Crippen LogP contribution in [0.1, 0.15) is 0 Å². The number of aromatic nitrogens is 3. The van der Waals surface area contributed by atoms with Gasteiger partial charge in [-0.15, -0.1) is 0 Å². The molecule has 84 valence electrons. The summed E-state index contributed by atoms with van der Waals surface area (Å²) < 4.78 is 0. The third kappa shape index (κ3) is 1.48. The lowest BCUT2D eigenvalue weighted by molar-refractivity contribution is 1.12. The fourth-order valence-electron chi connectivity index (χ4n) is 1.83. The van der Waals surface area contributed by atoms with Crippen molar-refractivity contribution >= 4 is 22.3 Å². The van der Waals surface area contributed by atoms with Gasteiger partial charge in [0, 0.05) is 23.3 Å². The first-order chi connectivity index (χ1) is 8.25. The first kappa shape index (κ1) is 9.65. The molecule has 0 fully saturated rings. The molecule has 0 spiro atoms. The molecule has 5 nitrogen and oxygen atoms in total. The minimum atomic E-state index is 0.558. The minimum Gasteiger partial charge on any atom is -0.397 e. The van der Waals surface area contributed by atoms with Crippen LogP contribution < -0.4 is 11.5 Å². The van der Waals surface area contributed by atoms with Gasteiger partial charge in [0.1, 0.15) is 5.69 Å². The van der Waals surface area contributed by atoms with Crippen LogP contribution in [0.15, 0.2) is 36.7 Å². The zero-order valence-electron chi connectivity index (χ0n) is 9.01. The highest BCUT2D eigenvalue weighted by atomic mass is 15.1. The van der Waals surface area contributed by atoms with E-state index in [1.165, 1.54) is 0 Å². The number of fused-ring (bicyclic) bond motifs is 1. The summed E-state index contributed by atoms with van der Waals surface area (Å²) in [6, 6.07) is 7.44. The van der Waals surface area contributed by atoms with Gasteiger partial charge in [-0.2, -0.15) is 5.10 Å². The van der Waals surface area contributed by atoms with Gasteiger partial charge in [-0.25, -0.2) is 0 Å². The number of hydrogen-bond acceptors (Lipinski definition) is 4. The molecule has 0 aliphatic carbocycles. The van der Waals surface area contributed by atoms with E-state index in [0.717, 1.165) is 22.2 Å². The van der Waals surface area contributed by atoms with Gasteiger partial charge in [0.15, 0.2) is 0 Å². The Hall–Kier alpha value is -2.56. The van der Waals surface area contributed by atoms with Crippen LogP contribution in [-0.2, 0) is 0 Å². The number of nitrogens with one attached hydrogen (secondary N) is 1. The second-order valence-electron chi connectivity index (χ2n) is 3.83. The van der Waals surface area contributed by atoms with Crippen LogP contribution in [-0.4, -0.2) is 15.2 Å². The number of nitrogens with zero attached hydrogens (tertiary/aromatic N) is 2. The van der Waals surface area contributed by atoms with Crippen molar-refractivity contribution in [2.75, 3.05) is 11.5 Å². The SMILES string of the molecule is Nc1cc2[nH]nc(-c3ccncc3)c2cc1N. The lowest BCUT2D eigenvalue weighted by Crippen LogP contribution is -1.93. The van der Waals surface area contributed by atoms with Crippen molar-refractivity contribution in [3.63, 3.8) is 0 Å². The maximum absolute atomic E-state index is 5.81. The van der Waals surface area contributed by atoms with E-state index in [0.29, 0.717) is 11.4 Å². The Labute approximate surface area is 97.5 Å². The number of nitrogens with two attached hydrogens (primary N) is 2. The first-order valence-electron chi connectivity index (χ1n) is 5.19. The first-order valence-corrected chi connectivity index (χ1v) is 5.19. The van der Waals surface area contributed by atoms with Gasteiger partial charge < -0.3 is 11.5 Å². The van der Waals surface area contributed by atoms with Crippen molar-refractivity contribution in [1.29, 1.82) is 0 Å². The molecule has 0 aliphatic rings. The van der Waals surface area contributed by atoms with Crippen LogP contribution in [0.5, 0.6) is 0 Å². The maximum Gasteiger partial charge on any atom is 0.100 e. The van der Waals surface area contributed by atoms with Gasteiger partial charge in [-0.3, -0.25) is 10.1 Å². The van der Waals surface area contributed by atoms with Crippen molar-refractivity contribution < 1.29 is 0 Å². The fraction of sp³-hybridized carbons (Fsp3) is 0. The second kappa shape index (κ2) is 3.48. The Bertz CT molecular complexity index is 672. The Morgan fingerprint density at radius 1 is 1.00 bits per heavy atom. The summed E-state index contributed by atoms with van der Waals surface area (Å²) in [4.78, 5) is 3.98. The molecule has 2 heterocycles.